The second-order valence-corrected chi connectivity index (χ2v) is 5.87. The van der Waals surface area contributed by atoms with Crippen LogP contribution in [0.2, 0.25) is 0 Å². The molecule has 1 fully saturated rings. The maximum Gasteiger partial charge on any atom is 0.323 e. The Kier molecular flexibility index (Phi) is 3.69. The fourth-order valence-corrected chi connectivity index (χ4v) is 2.73. The number of carbonyl (C=O) groups is 1. The normalized spacial score (nSPS) is 24.3. The quantitative estimate of drug-likeness (QED) is 0.713. The van der Waals surface area contributed by atoms with E-state index in [9.17, 15) is 13.2 Å². The molecule has 0 radical (unpaired) electrons. The molecule has 0 bridgehead atoms. The Labute approximate surface area is 88.9 Å². The van der Waals surface area contributed by atoms with Crippen molar-refractivity contribution in [1.82, 2.24) is 4.31 Å². The van der Waals surface area contributed by atoms with Gasteiger partial charge in [-0.1, -0.05) is 0 Å². The molecule has 6 nitrogen and oxygen atoms in total. The van der Waals surface area contributed by atoms with Gasteiger partial charge < -0.3 is 9.84 Å². The molecule has 0 aromatic heterocycles. The standard InChI is InChI=1S/C8H15NO5S/c1-6(8(10)11)15(12,13)9(2)7-3-4-14-5-7/h6-7H,3-5H2,1-2H3,(H,10,11). The van der Waals surface area contributed by atoms with Gasteiger partial charge in [0.1, 0.15) is 0 Å². The minimum atomic E-state index is -3.77. The lowest BCUT2D eigenvalue weighted by molar-refractivity contribution is -0.136. The average Bonchev–Trinajstić information content (AvgIpc) is 2.67. The predicted octanol–water partition coefficient (Wildman–Crippen LogP) is -0.490. The summed E-state index contributed by atoms with van der Waals surface area (Å²) >= 11 is 0. The van der Waals surface area contributed by atoms with Gasteiger partial charge in [0.15, 0.2) is 5.25 Å². The van der Waals surface area contributed by atoms with Crippen LogP contribution in [0.25, 0.3) is 0 Å². The Morgan fingerprint density at radius 1 is 1.60 bits per heavy atom. The fraction of sp³-hybridized carbons (Fsp3) is 0.875. The number of sulfonamides is 1. The summed E-state index contributed by atoms with van der Waals surface area (Å²) in [6.45, 7) is 2.03. The molecule has 1 rings (SSSR count). The molecule has 2 atom stereocenters. The van der Waals surface area contributed by atoms with Gasteiger partial charge in [-0.2, -0.15) is 4.31 Å². The van der Waals surface area contributed by atoms with Gasteiger partial charge in [-0.15, -0.1) is 0 Å². The van der Waals surface area contributed by atoms with Crippen LogP contribution >= 0.6 is 0 Å². The van der Waals surface area contributed by atoms with E-state index in [0.717, 1.165) is 4.31 Å². The molecule has 0 aliphatic carbocycles. The minimum Gasteiger partial charge on any atom is -0.480 e. The second-order valence-electron chi connectivity index (χ2n) is 3.56. The van der Waals surface area contributed by atoms with Crippen molar-refractivity contribution in [3.05, 3.63) is 0 Å². The highest BCUT2D eigenvalue weighted by atomic mass is 32.2. The molecule has 0 amide bonds. The zero-order valence-electron chi connectivity index (χ0n) is 8.71. The summed E-state index contributed by atoms with van der Waals surface area (Å²) in [6, 6.07) is -0.239. The zero-order valence-corrected chi connectivity index (χ0v) is 9.53. The molecular formula is C8H15NO5S. The van der Waals surface area contributed by atoms with Gasteiger partial charge in [0.2, 0.25) is 10.0 Å². The molecule has 0 spiro atoms. The van der Waals surface area contributed by atoms with Crippen molar-refractivity contribution >= 4 is 16.0 Å². The van der Waals surface area contributed by atoms with Crippen molar-refractivity contribution in [2.24, 2.45) is 0 Å². The molecule has 1 aliphatic heterocycles. The number of aliphatic carboxylic acids is 1. The maximum atomic E-state index is 11.7. The molecule has 1 saturated heterocycles. The summed E-state index contributed by atoms with van der Waals surface area (Å²) in [5.74, 6) is -1.33. The van der Waals surface area contributed by atoms with Crippen LogP contribution in [0.4, 0.5) is 0 Å². The van der Waals surface area contributed by atoms with Gasteiger partial charge in [0.05, 0.1) is 12.6 Å². The lowest BCUT2D eigenvalue weighted by atomic mass is 10.3. The minimum absolute atomic E-state index is 0.239. The van der Waals surface area contributed by atoms with Crippen LogP contribution in [-0.2, 0) is 19.6 Å². The zero-order chi connectivity index (χ0) is 11.6. The lowest BCUT2D eigenvalue weighted by Crippen LogP contribution is -2.44. The van der Waals surface area contributed by atoms with E-state index in [1.807, 2.05) is 0 Å². The van der Waals surface area contributed by atoms with Gasteiger partial charge in [-0.3, -0.25) is 4.79 Å². The van der Waals surface area contributed by atoms with Gasteiger partial charge >= 0.3 is 5.97 Å². The fourth-order valence-electron chi connectivity index (χ4n) is 1.39. The Hall–Kier alpha value is -0.660. The second kappa shape index (κ2) is 4.46. The van der Waals surface area contributed by atoms with Crippen LogP contribution < -0.4 is 0 Å². The SMILES string of the molecule is CC(C(=O)O)S(=O)(=O)N(C)C1CCOC1. The molecule has 1 heterocycles. The Morgan fingerprint density at radius 2 is 2.20 bits per heavy atom. The summed E-state index contributed by atoms with van der Waals surface area (Å²) in [6.07, 6.45) is 0.613. The van der Waals surface area contributed by atoms with Crippen LogP contribution in [-0.4, -0.2) is 55.4 Å². The predicted molar refractivity (Wildman–Crippen MR) is 53.0 cm³/mol. The van der Waals surface area contributed by atoms with Gasteiger partial charge in [0, 0.05) is 13.7 Å². The van der Waals surface area contributed by atoms with E-state index in [2.05, 4.69) is 0 Å². The van der Waals surface area contributed by atoms with Crippen molar-refractivity contribution in [2.75, 3.05) is 20.3 Å². The van der Waals surface area contributed by atoms with Crippen molar-refractivity contribution in [3.63, 3.8) is 0 Å². The van der Waals surface area contributed by atoms with Gasteiger partial charge in [-0.05, 0) is 13.3 Å². The highest BCUT2D eigenvalue weighted by Gasteiger charge is 2.36. The average molecular weight is 237 g/mol. The van der Waals surface area contributed by atoms with E-state index >= 15 is 0 Å². The third-order valence-corrected chi connectivity index (χ3v) is 4.81. The topological polar surface area (TPSA) is 83.9 Å². The van der Waals surface area contributed by atoms with Crippen LogP contribution in [0.3, 0.4) is 0 Å². The molecule has 1 N–H and O–H groups in total. The van der Waals surface area contributed by atoms with Gasteiger partial charge in [-0.25, -0.2) is 8.42 Å². The first-order chi connectivity index (χ1) is 6.87. The summed E-state index contributed by atoms with van der Waals surface area (Å²) in [5, 5.41) is 7.26. The molecule has 0 saturated carbocycles. The Bertz CT molecular complexity index is 333. The number of hydrogen-bond acceptors (Lipinski definition) is 4. The largest absolute Gasteiger partial charge is 0.480 e. The van der Waals surface area contributed by atoms with Crippen LogP contribution in [0, 0.1) is 0 Å². The first kappa shape index (κ1) is 12.4. The number of rotatable bonds is 4. The number of hydrogen-bond donors (Lipinski definition) is 1. The molecular weight excluding hydrogens is 222 g/mol. The van der Waals surface area contributed by atoms with E-state index in [0.29, 0.717) is 19.6 Å². The third-order valence-electron chi connectivity index (χ3n) is 2.62. The van der Waals surface area contributed by atoms with Gasteiger partial charge in [0.25, 0.3) is 0 Å². The molecule has 2 unspecified atom stereocenters. The van der Waals surface area contributed by atoms with Crippen molar-refractivity contribution < 1.29 is 23.1 Å². The monoisotopic (exact) mass is 237 g/mol. The summed E-state index contributed by atoms with van der Waals surface area (Å²) in [4.78, 5) is 10.6. The first-order valence-electron chi connectivity index (χ1n) is 4.64. The van der Waals surface area contributed by atoms with Crippen molar-refractivity contribution in [3.8, 4) is 0 Å². The van der Waals surface area contributed by atoms with E-state index in [1.165, 1.54) is 14.0 Å². The lowest BCUT2D eigenvalue weighted by Gasteiger charge is -2.24. The van der Waals surface area contributed by atoms with Crippen molar-refractivity contribution in [1.29, 1.82) is 0 Å². The molecule has 1 aliphatic rings. The van der Waals surface area contributed by atoms with E-state index in [1.54, 1.807) is 0 Å². The van der Waals surface area contributed by atoms with Crippen molar-refractivity contribution in [2.45, 2.75) is 24.6 Å². The van der Waals surface area contributed by atoms with E-state index < -0.39 is 21.2 Å². The molecule has 0 aromatic rings. The molecule has 0 aromatic carbocycles. The van der Waals surface area contributed by atoms with Crippen LogP contribution in [0.1, 0.15) is 13.3 Å². The number of carboxylic acid groups (broad SMARTS) is 1. The maximum absolute atomic E-state index is 11.7. The highest BCUT2D eigenvalue weighted by Crippen LogP contribution is 2.17. The third kappa shape index (κ3) is 2.47. The van der Waals surface area contributed by atoms with Crippen LogP contribution in [0.15, 0.2) is 0 Å². The molecule has 7 heteroatoms. The van der Waals surface area contributed by atoms with E-state index in [4.69, 9.17) is 9.84 Å². The number of likely N-dealkylation sites (N-methyl/N-ethyl adjacent to an activating group) is 1. The van der Waals surface area contributed by atoms with E-state index in [-0.39, 0.29) is 6.04 Å². The summed E-state index contributed by atoms with van der Waals surface area (Å²) in [7, 11) is -2.37. The summed E-state index contributed by atoms with van der Waals surface area (Å²) in [5.41, 5.74) is 0. The number of ether oxygens (including phenoxy) is 1. The smallest absolute Gasteiger partial charge is 0.323 e. The highest BCUT2D eigenvalue weighted by molar-refractivity contribution is 7.90. The molecule has 15 heavy (non-hydrogen) atoms. The molecule has 88 valence electrons. The Balaban J connectivity index is 2.80. The van der Waals surface area contributed by atoms with Crippen LogP contribution in [0.5, 0.6) is 0 Å². The number of nitrogens with zero attached hydrogens (tertiary/aromatic N) is 1. The first-order valence-corrected chi connectivity index (χ1v) is 6.15. The number of carboxylic acids is 1. The Morgan fingerprint density at radius 3 is 2.60 bits per heavy atom. The summed E-state index contributed by atoms with van der Waals surface area (Å²) < 4.78 is 29.7.